The lowest BCUT2D eigenvalue weighted by atomic mass is 9.91. The van der Waals surface area contributed by atoms with Gasteiger partial charge in [-0.1, -0.05) is 140 Å². The van der Waals surface area contributed by atoms with Crippen molar-refractivity contribution in [2.75, 3.05) is 9.80 Å². The number of allylic oxidation sites excluding steroid dienone is 2. The van der Waals surface area contributed by atoms with Gasteiger partial charge in [-0.3, -0.25) is 0 Å². The van der Waals surface area contributed by atoms with E-state index in [-0.39, 0.29) is 6.04 Å². The van der Waals surface area contributed by atoms with Crippen molar-refractivity contribution in [3.8, 4) is 22.3 Å². The largest absolute Gasteiger partial charge is 0.333 e. The molecule has 2 atom stereocenters. The fourth-order valence-corrected chi connectivity index (χ4v) is 10.6. The minimum atomic E-state index is 0.233. The van der Waals surface area contributed by atoms with E-state index in [1.807, 2.05) is 11.3 Å². The third kappa shape index (κ3) is 4.08. The van der Waals surface area contributed by atoms with Gasteiger partial charge in [-0.25, -0.2) is 0 Å². The van der Waals surface area contributed by atoms with E-state index < -0.39 is 0 Å². The quantitative estimate of drug-likeness (QED) is 0.181. The van der Waals surface area contributed by atoms with E-state index >= 15 is 0 Å². The van der Waals surface area contributed by atoms with Crippen LogP contribution in [0.15, 0.2) is 182 Å². The molecule has 2 heterocycles. The van der Waals surface area contributed by atoms with Crippen LogP contribution < -0.4 is 9.80 Å². The van der Waals surface area contributed by atoms with Gasteiger partial charge in [0, 0.05) is 59.3 Å². The summed E-state index contributed by atoms with van der Waals surface area (Å²) in [6, 6.07) is 59.1. The summed E-state index contributed by atoms with van der Waals surface area (Å²) in [5, 5.41) is 7.69. The molecule has 0 fully saturated rings. The van der Waals surface area contributed by atoms with Gasteiger partial charge in [0.2, 0.25) is 0 Å². The van der Waals surface area contributed by atoms with Crippen LogP contribution in [-0.2, 0) is 0 Å². The molecule has 8 aromatic carbocycles. The zero-order valence-electron chi connectivity index (χ0n) is 28.8. The molecule has 0 saturated carbocycles. The molecule has 2 aliphatic carbocycles. The normalized spacial score (nSPS) is 16.5. The molecule has 0 saturated heterocycles. The second kappa shape index (κ2) is 11.0. The van der Waals surface area contributed by atoms with Crippen molar-refractivity contribution in [2.45, 2.75) is 12.0 Å². The van der Waals surface area contributed by atoms with Crippen molar-refractivity contribution >= 4 is 81.5 Å². The molecule has 0 N–H and O–H groups in total. The molecule has 0 bridgehead atoms. The van der Waals surface area contributed by atoms with Crippen molar-refractivity contribution in [2.24, 2.45) is 0 Å². The molecule has 0 spiro atoms. The molecule has 1 aliphatic heterocycles. The first-order valence-corrected chi connectivity index (χ1v) is 19.3. The van der Waals surface area contributed by atoms with E-state index in [1.165, 1.54) is 92.3 Å². The fourth-order valence-electron chi connectivity index (χ4n) is 9.49. The van der Waals surface area contributed by atoms with Crippen LogP contribution in [0.25, 0.3) is 64.0 Å². The molecule has 3 heteroatoms. The molecule has 9 aromatic rings. The SMILES string of the molecule is C1=CC2c3ccccc3N(c3ccc(N(c4ccc5c(c4)sc4ccccc45)c4ccc5c6c(cccc46)-c4ccccc4-5)c4ccccc34)C2C=C1. The first-order valence-electron chi connectivity index (χ1n) is 18.4. The first-order chi connectivity index (χ1) is 26.3. The number of thiophene rings is 1. The summed E-state index contributed by atoms with van der Waals surface area (Å²) in [5.41, 5.74) is 12.7. The highest BCUT2D eigenvalue weighted by molar-refractivity contribution is 7.25. The summed E-state index contributed by atoms with van der Waals surface area (Å²) in [5.74, 6) is 0.330. The number of nitrogens with zero attached hydrogens (tertiary/aromatic N) is 2. The Bertz CT molecular complexity index is 3030. The number of anilines is 5. The lowest BCUT2D eigenvalue weighted by Gasteiger charge is -2.32. The number of benzene rings is 8. The number of para-hydroxylation sites is 1. The average Bonchev–Trinajstić information content (AvgIpc) is 3.87. The molecule has 0 radical (unpaired) electrons. The molecule has 2 unspecified atom stereocenters. The summed E-state index contributed by atoms with van der Waals surface area (Å²) in [7, 11) is 0. The van der Waals surface area contributed by atoms with Crippen LogP contribution in [-0.4, -0.2) is 6.04 Å². The van der Waals surface area contributed by atoms with Crippen LogP contribution in [0.5, 0.6) is 0 Å². The molecule has 53 heavy (non-hydrogen) atoms. The van der Waals surface area contributed by atoms with Crippen molar-refractivity contribution in [3.63, 3.8) is 0 Å². The van der Waals surface area contributed by atoms with Crippen LogP contribution >= 0.6 is 11.3 Å². The predicted octanol–water partition coefficient (Wildman–Crippen LogP) is 14.2. The predicted molar refractivity (Wildman–Crippen MR) is 227 cm³/mol. The average molecular weight is 693 g/mol. The van der Waals surface area contributed by atoms with Crippen LogP contribution in [0, 0.1) is 0 Å². The summed E-state index contributed by atoms with van der Waals surface area (Å²) in [6.07, 6.45) is 9.13. The Labute approximate surface area is 311 Å². The Morgan fingerprint density at radius 3 is 2.02 bits per heavy atom. The van der Waals surface area contributed by atoms with Gasteiger partial charge >= 0.3 is 0 Å². The highest BCUT2D eigenvalue weighted by Gasteiger charge is 2.38. The monoisotopic (exact) mass is 692 g/mol. The van der Waals surface area contributed by atoms with E-state index in [2.05, 4.69) is 192 Å². The first kappa shape index (κ1) is 29.2. The molecule has 2 nitrogen and oxygen atoms in total. The molecule has 3 aliphatic rings. The third-order valence-corrected chi connectivity index (χ3v) is 12.9. The molecule has 12 rings (SSSR count). The van der Waals surface area contributed by atoms with Crippen LogP contribution in [0.4, 0.5) is 28.4 Å². The van der Waals surface area contributed by atoms with E-state index in [0.29, 0.717) is 5.92 Å². The maximum absolute atomic E-state index is 2.57. The molecular weight excluding hydrogens is 661 g/mol. The van der Waals surface area contributed by atoms with Crippen LogP contribution in [0.3, 0.4) is 0 Å². The van der Waals surface area contributed by atoms with Crippen molar-refractivity contribution < 1.29 is 0 Å². The topological polar surface area (TPSA) is 6.48 Å². The van der Waals surface area contributed by atoms with Crippen LogP contribution in [0.2, 0.25) is 0 Å². The Morgan fingerprint density at radius 1 is 0.453 bits per heavy atom. The second-order valence-electron chi connectivity index (χ2n) is 14.4. The van der Waals surface area contributed by atoms with Gasteiger partial charge < -0.3 is 9.80 Å². The van der Waals surface area contributed by atoms with Gasteiger partial charge in [-0.15, -0.1) is 11.3 Å². The number of fused-ring (bicyclic) bond motifs is 10. The molecular formula is C50H32N2S. The standard InChI is InChI=1S/C50H32N2S/c1-2-13-33-32(12-1)40-19-11-20-42-47(27-26-41(33)50(40)42)51(31-24-25-39-38-18-7-10-23-48(38)53-49(39)30-31)45-28-29-46(37-15-4-3-14-36(37)45)52-43-21-8-5-16-34(43)35-17-6-9-22-44(35)52/h1-30,34,43H. The van der Waals surface area contributed by atoms with Gasteiger partial charge in [0.15, 0.2) is 0 Å². The summed E-state index contributed by atoms with van der Waals surface area (Å²) in [4.78, 5) is 5.09. The van der Waals surface area contributed by atoms with Crippen molar-refractivity contribution in [3.05, 3.63) is 188 Å². The lowest BCUT2D eigenvalue weighted by Crippen LogP contribution is -2.28. The smallest absolute Gasteiger partial charge is 0.0629 e. The van der Waals surface area contributed by atoms with Gasteiger partial charge in [-0.2, -0.15) is 0 Å². The maximum atomic E-state index is 2.57. The molecule has 1 aromatic heterocycles. The van der Waals surface area contributed by atoms with Gasteiger partial charge in [-0.05, 0) is 75.7 Å². The summed E-state index contributed by atoms with van der Waals surface area (Å²) in [6.45, 7) is 0. The zero-order valence-corrected chi connectivity index (χ0v) is 29.6. The van der Waals surface area contributed by atoms with Crippen molar-refractivity contribution in [1.29, 1.82) is 0 Å². The highest BCUT2D eigenvalue weighted by atomic mass is 32.1. The fraction of sp³-hybridized carbons (Fsp3) is 0.0400. The van der Waals surface area contributed by atoms with Gasteiger partial charge in [0.05, 0.1) is 17.4 Å². The Hall–Kier alpha value is -6.42. The minimum Gasteiger partial charge on any atom is -0.333 e. The number of hydrogen-bond donors (Lipinski definition) is 0. The second-order valence-corrected chi connectivity index (χ2v) is 15.5. The Morgan fingerprint density at radius 2 is 1.11 bits per heavy atom. The van der Waals surface area contributed by atoms with E-state index in [9.17, 15) is 0 Å². The van der Waals surface area contributed by atoms with Crippen molar-refractivity contribution in [1.82, 2.24) is 0 Å². The van der Waals surface area contributed by atoms with Crippen LogP contribution in [0.1, 0.15) is 11.5 Å². The third-order valence-electron chi connectivity index (χ3n) is 11.7. The molecule has 248 valence electrons. The Balaban J connectivity index is 1.12. The summed E-state index contributed by atoms with van der Waals surface area (Å²) >= 11 is 1.88. The molecule has 0 amide bonds. The lowest BCUT2D eigenvalue weighted by molar-refractivity contribution is 0.746. The highest BCUT2D eigenvalue weighted by Crippen LogP contribution is 2.54. The minimum absolute atomic E-state index is 0.233. The zero-order chi connectivity index (χ0) is 34.6. The van der Waals surface area contributed by atoms with E-state index in [1.54, 1.807) is 0 Å². The van der Waals surface area contributed by atoms with Gasteiger partial charge in [0.1, 0.15) is 0 Å². The summed E-state index contributed by atoms with van der Waals surface area (Å²) < 4.78 is 2.62. The van der Waals surface area contributed by atoms with Gasteiger partial charge in [0.25, 0.3) is 0 Å². The van der Waals surface area contributed by atoms with E-state index in [0.717, 1.165) is 5.69 Å². The van der Waals surface area contributed by atoms with E-state index in [4.69, 9.17) is 0 Å². The number of rotatable bonds is 4. The Kier molecular flexibility index (Phi) is 6.08. The number of hydrogen-bond acceptors (Lipinski definition) is 3. The maximum Gasteiger partial charge on any atom is 0.0629 e.